The molecule has 11 heteroatoms. The zero-order valence-electron chi connectivity index (χ0n) is 18.4. The molecule has 11 nitrogen and oxygen atoms in total. The molecule has 0 heterocycles. The predicted molar refractivity (Wildman–Crippen MR) is 122 cm³/mol. The molecule has 0 aliphatic carbocycles. The van der Waals surface area contributed by atoms with Crippen LogP contribution in [0, 0.1) is 0 Å². The van der Waals surface area contributed by atoms with Crippen molar-refractivity contribution in [3.05, 3.63) is 48.5 Å². The van der Waals surface area contributed by atoms with Crippen LogP contribution in [0.2, 0.25) is 0 Å². The van der Waals surface area contributed by atoms with Crippen molar-refractivity contribution in [2.24, 2.45) is 0 Å². The number of rotatable bonds is 9. The van der Waals surface area contributed by atoms with Crippen LogP contribution in [0.3, 0.4) is 0 Å². The van der Waals surface area contributed by atoms with Gasteiger partial charge in [-0.1, -0.05) is 25.5 Å². The Hall–Kier alpha value is -4.28. The van der Waals surface area contributed by atoms with Crippen LogP contribution in [0.25, 0.3) is 0 Å². The number of anilines is 2. The Labute approximate surface area is 191 Å². The molecular formula is C22H27N5O6. The molecule has 0 bridgehead atoms. The Morgan fingerprint density at radius 1 is 0.879 bits per heavy atom. The molecule has 0 atom stereocenters. The van der Waals surface area contributed by atoms with Gasteiger partial charge in [-0.15, -0.1) is 0 Å². The molecule has 0 saturated carbocycles. The Morgan fingerprint density at radius 3 is 2.27 bits per heavy atom. The Bertz CT molecular complexity index is 964. The summed E-state index contributed by atoms with van der Waals surface area (Å²) in [4.78, 5) is 47.5. The third kappa shape index (κ3) is 8.77. The first-order chi connectivity index (χ1) is 15.9. The molecule has 5 amide bonds. The number of benzene rings is 2. The number of methoxy groups -OCH3 is 1. The maximum atomic E-state index is 12.1. The lowest BCUT2D eigenvalue weighted by Crippen LogP contribution is -2.48. The van der Waals surface area contributed by atoms with Crippen molar-refractivity contribution < 1.29 is 28.7 Å². The van der Waals surface area contributed by atoms with Gasteiger partial charge in [-0.2, -0.15) is 0 Å². The SMILES string of the molecule is CCCCNC(=O)NNC(=O)COc1ccc(NC(=O)C(=O)Nc2ccccc2OC)cc1. The summed E-state index contributed by atoms with van der Waals surface area (Å²) in [6, 6.07) is 12.3. The van der Waals surface area contributed by atoms with Crippen molar-refractivity contribution in [3.8, 4) is 11.5 Å². The van der Waals surface area contributed by atoms with Gasteiger partial charge in [0.1, 0.15) is 11.5 Å². The van der Waals surface area contributed by atoms with Crippen molar-refractivity contribution >= 4 is 35.1 Å². The second kappa shape index (κ2) is 13.2. The Morgan fingerprint density at radius 2 is 1.58 bits per heavy atom. The second-order valence-electron chi connectivity index (χ2n) is 6.70. The van der Waals surface area contributed by atoms with Crippen LogP contribution in [-0.2, 0) is 14.4 Å². The highest BCUT2D eigenvalue weighted by Crippen LogP contribution is 2.23. The maximum absolute atomic E-state index is 12.1. The van der Waals surface area contributed by atoms with E-state index < -0.39 is 23.8 Å². The molecule has 0 spiro atoms. The van der Waals surface area contributed by atoms with Crippen molar-refractivity contribution in [2.45, 2.75) is 19.8 Å². The van der Waals surface area contributed by atoms with Crippen molar-refractivity contribution in [3.63, 3.8) is 0 Å². The van der Waals surface area contributed by atoms with Gasteiger partial charge in [0.25, 0.3) is 5.91 Å². The molecule has 2 rings (SSSR count). The van der Waals surface area contributed by atoms with E-state index >= 15 is 0 Å². The van der Waals surface area contributed by atoms with E-state index in [0.717, 1.165) is 12.8 Å². The van der Waals surface area contributed by atoms with Crippen molar-refractivity contribution in [1.29, 1.82) is 0 Å². The molecular weight excluding hydrogens is 430 g/mol. The highest BCUT2D eigenvalue weighted by Gasteiger charge is 2.16. The molecule has 0 fully saturated rings. The Kier molecular flexibility index (Phi) is 9.99. The largest absolute Gasteiger partial charge is 0.495 e. The molecule has 2 aromatic carbocycles. The van der Waals surface area contributed by atoms with E-state index in [-0.39, 0.29) is 6.61 Å². The van der Waals surface area contributed by atoms with E-state index in [1.807, 2.05) is 6.92 Å². The van der Waals surface area contributed by atoms with E-state index in [1.165, 1.54) is 31.4 Å². The van der Waals surface area contributed by atoms with Gasteiger partial charge < -0.3 is 25.4 Å². The fourth-order valence-electron chi connectivity index (χ4n) is 2.48. The van der Waals surface area contributed by atoms with Crippen LogP contribution in [-0.4, -0.2) is 44.0 Å². The molecule has 0 radical (unpaired) electrons. The van der Waals surface area contributed by atoms with Gasteiger partial charge in [0, 0.05) is 12.2 Å². The maximum Gasteiger partial charge on any atom is 0.333 e. The number of amides is 5. The van der Waals surface area contributed by atoms with Crippen LogP contribution in [0.5, 0.6) is 11.5 Å². The second-order valence-corrected chi connectivity index (χ2v) is 6.70. The van der Waals surface area contributed by atoms with Gasteiger partial charge in [0.15, 0.2) is 6.61 Å². The molecule has 0 aliphatic rings. The third-order valence-corrected chi connectivity index (χ3v) is 4.17. The zero-order chi connectivity index (χ0) is 24.1. The minimum atomic E-state index is -0.864. The lowest BCUT2D eigenvalue weighted by molar-refractivity contribution is -0.133. The third-order valence-electron chi connectivity index (χ3n) is 4.17. The average molecular weight is 457 g/mol. The van der Waals surface area contributed by atoms with Crippen molar-refractivity contribution in [1.82, 2.24) is 16.2 Å². The van der Waals surface area contributed by atoms with Crippen LogP contribution >= 0.6 is 0 Å². The fourth-order valence-corrected chi connectivity index (χ4v) is 2.48. The first-order valence-electron chi connectivity index (χ1n) is 10.2. The van der Waals surface area contributed by atoms with E-state index in [4.69, 9.17) is 9.47 Å². The topological polar surface area (TPSA) is 147 Å². The average Bonchev–Trinajstić information content (AvgIpc) is 2.82. The minimum Gasteiger partial charge on any atom is -0.495 e. The number of urea groups is 1. The molecule has 0 unspecified atom stereocenters. The summed E-state index contributed by atoms with van der Waals surface area (Å²) < 4.78 is 10.5. The molecule has 0 aromatic heterocycles. The molecule has 176 valence electrons. The van der Waals surface area contributed by atoms with Crippen LogP contribution in [0.1, 0.15) is 19.8 Å². The van der Waals surface area contributed by atoms with Crippen molar-refractivity contribution in [2.75, 3.05) is 30.9 Å². The van der Waals surface area contributed by atoms with E-state index in [1.54, 1.807) is 24.3 Å². The lowest BCUT2D eigenvalue weighted by atomic mass is 10.3. The first-order valence-corrected chi connectivity index (χ1v) is 10.2. The van der Waals surface area contributed by atoms with Crippen LogP contribution in [0.15, 0.2) is 48.5 Å². The van der Waals surface area contributed by atoms with Crippen LogP contribution in [0.4, 0.5) is 16.2 Å². The monoisotopic (exact) mass is 457 g/mol. The normalized spacial score (nSPS) is 9.88. The van der Waals surface area contributed by atoms with Gasteiger partial charge >= 0.3 is 17.8 Å². The number of hydrazine groups is 1. The summed E-state index contributed by atoms with van der Waals surface area (Å²) in [7, 11) is 1.46. The zero-order valence-corrected chi connectivity index (χ0v) is 18.4. The smallest absolute Gasteiger partial charge is 0.333 e. The lowest BCUT2D eigenvalue weighted by Gasteiger charge is -2.11. The predicted octanol–water partition coefficient (Wildman–Crippen LogP) is 1.78. The van der Waals surface area contributed by atoms with Gasteiger partial charge in [-0.3, -0.25) is 19.8 Å². The van der Waals surface area contributed by atoms with Crippen LogP contribution < -0.4 is 36.3 Å². The fraction of sp³-hybridized carbons (Fsp3) is 0.273. The number of carbonyl (C=O) groups is 4. The summed E-state index contributed by atoms with van der Waals surface area (Å²) >= 11 is 0. The summed E-state index contributed by atoms with van der Waals surface area (Å²) in [6.07, 6.45) is 1.78. The molecule has 0 saturated heterocycles. The van der Waals surface area contributed by atoms with Gasteiger partial charge in [0.2, 0.25) is 0 Å². The van der Waals surface area contributed by atoms with E-state index in [9.17, 15) is 19.2 Å². The summed E-state index contributed by atoms with van der Waals surface area (Å²) in [6.45, 7) is 2.18. The molecule has 0 aliphatic heterocycles. The number of hydrogen-bond donors (Lipinski definition) is 5. The standard InChI is InChI=1S/C22H27N5O6/c1-3-4-13-23-22(31)27-26-19(28)14-33-16-11-9-15(10-12-16)24-20(29)21(30)25-17-7-5-6-8-18(17)32-2/h5-12H,3-4,13-14H2,1-2H3,(H,24,29)(H,25,30)(H,26,28)(H2,23,27,31). The summed E-state index contributed by atoms with van der Waals surface area (Å²) in [5.74, 6) is -1.49. The minimum absolute atomic E-state index is 0.331. The number of ether oxygens (including phenoxy) is 2. The first kappa shape index (κ1) is 25.0. The summed E-state index contributed by atoms with van der Waals surface area (Å²) in [5, 5.41) is 7.53. The molecule has 2 aromatic rings. The highest BCUT2D eigenvalue weighted by molar-refractivity contribution is 6.43. The molecule has 33 heavy (non-hydrogen) atoms. The highest BCUT2D eigenvalue weighted by atomic mass is 16.5. The van der Waals surface area contributed by atoms with E-state index in [2.05, 4.69) is 26.8 Å². The number of unbranched alkanes of at least 4 members (excludes halogenated alkanes) is 1. The van der Waals surface area contributed by atoms with Gasteiger partial charge in [-0.25, -0.2) is 10.2 Å². The van der Waals surface area contributed by atoms with Gasteiger partial charge in [0.05, 0.1) is 12.8 Å². The number of carbonyl (C=O) groups excluding carboxylic acids is 4. The Balaban J connectivity index is 1.75. The quantitative estimate of drug-likeness (QED) is 0.220. The summed E-state index contributed by atoms with van der Waals surface area (Å²) in [5.41, 5.74) is 5.17. The van der Waals surface area contributed by atoms with E-state index in [0.29, 0.717) is 29.4 Å². The van der Waals surface area contributed by atoms with Gasteiger partial charge in [-0.05, 0) is 42.8 Å². The number of nitrogens with one attached hydrogen (secondary N) is 5. The molecule has 5 N–H and O–H groups in total. The number of hydrogen-bond acceptors (Lipinski definition) is 6. The number of para-hydroxylation sites is 2.